The minimum Gasteiger partial charge on any atom is -0.467 e. The van der Waals surface area contributed by atoms with Crippen molar-refractivity contribution in [1.82, 2.24) is 13.9 Å². The molecular formula is C14H23N3O4S. The Labute approximate surface area is 131 Å². The van der Waals surface area contributed by atoms with Crippen LogP contribution in [0.25, 0.3) is 0 Å². The monoisotopic (exact) mass is 329 g/mol. The van der Waals surface area contributed by atoms with Crippen molar-refractivity contribution in [2.45, 2.75) is 39.3 Å². The Kier molecular flexibility index (Phi) is 5.60. The van der Waals surface area contributed by atoms with Crippen molar-refractivity contribution >= 4 is 16.1 Å². The molecule has 2 rings (SSSR count). The number of nitrogens with zero attached hydrogens (tertiary/aromatic N) is 2. The highest BCUT2D eigenvalue weighted by molar-refractivity contribution is 7.86. The van der Waals surface area contributed by atoms with Crippen molar-refractivity contribution in [3.63, 3.8) is 0 Å². The first-order valence-electron chi connectivity index (χ1n) is 7.57. The molecule has 1 aromatic rings. The number of furan rings is 1. The van der Waals surface area contributed by atoms with Crippen LogP contribution in [0.5, 0.6) is 0 Å². The number of amides is 1. The van der Waals surface area contributed by atoms with Gasteiger partial charge in [-0.3, -0.25) is 4.79 Å². The molecule has 0 radical (unpaired) electrons. The van der Waals surface area contributed by atoms with Gasteiger partial charge in [0.05, 0.1) is 12.8 Å². The van der Waals surface area contributed by atoms with Crippen LogP contribution in [-0.4, -0.2) is 48.6 Å². The summed E-state index contributed by atoms with van der Waals surface area (Å²) in [5.74, 6) is 0.370. The Bertz CT molecular complexity index is 581. The van der Waals surface area contributed by atoms with Gasteiger partial charge >= 0.3 is 0 Å². The molecule has 1 aliphatic heterocycles. The largest absolute Gasteiger partial charge is 0.467 e. The van der Waals surface area contributed by atoms with E-state index in [0.29, 0.717) is 38.2 Å². The average molecular weight is 329 g/mol. The normalized spacial score (nSPS) is 19.7. The Balaban J connectivity index is 2.04. The number of hydrogen-bond acceptors (Lipinski definition) is 4. The summed E-state index contributed by atoms with van der Waals surface area (Å²) >= 11 is 0. The van der Waals surface area contributed by atoms with E-state index in [-0.39, 0.29) is 12.5 Å². The van der Waals surface area contributed by atoms with E-state index in [1.165, 1.54) is 14.9 Å². The van der Waals surface area contributed by atoms with Gasteiger partial charge in [-0.05, 0) is 25.0 Å². The van der Waals surface area contributed by atoms with Crippen LogP contribution in [-0.2, 0) is 21.5 Å². The first-order valence-corrected chi connectivity index (χ1v) is 8.97. The molecule has 1 aliphatic rings. The summed E-state index contributed by atoms with van der Waals surface area (Å²) in [6.07, 6.45) is 2.78. The lowest BCUT2D eigenvalue weighted by Crippen LogP contribution is -2.50. The van der Waals surface area contributed by atoms with E-state index in [2.05, 4.69) is 5.32 Å². The molecule has 1 N–H and O–H groups in total. The van der Waals surface area contributed by atoms with Gasteiger partial charge in [0.15, 0.2) is 0 Å². The molecule has 22 heavy (non-hydrogen) atoms. The van der Waals surface area contributed by atoms with Crippen molar-refractivity contribution in [3.05, 3.63) is 24.2 Å². The molecule has 1 saturated heterocycles. The second kappa shape index (κ2) is 7.26. The fraction of sp³-hybridized carbons (Fsp3) is 0.643. The summed E-state index contributed by atoms with van der Waals surface area (Å²) in [7, 11) is -3.58. The fourth-order valence-electron chi connectivity index (χ4n) is 2.68. The lowest BCUT2D eigenvalue weighted by molar-refractivity contribution is -0.124. The van der Waals surface area contributed by atoms with Gasteiger partial charge in [-0.2, -0.15) is 17.0 Å². The smallest absolute Gasteiger partial charge is 0.282 e. The Morgan fingerprint density at radius 1 is 1.45 bits per heavy atom. The molecule has 0 unspecified atom stereocenters. The zero-order valence-electron chi connectivity index (χ0n) is 13.0. The van der Waals surface area contributed by atoms with Crippen LogP contribution in [0.1, 0.15) is 32.4 Å². The highest BCUT2D eigenvalue weighted by Crippen LogP contribution is 2.23. The molecule has 1 amide bonds. The molecule has 1 aromatic heterocycles. The van der Waals surface area contributed by atoms with Crippen molar-refractivity contribution in [2.24, 2.45) is 0 Å². The molecule has 0 aliphatic carbocycles. The van der Waals surface area contributed by atoms with E-state index in [1.54, 1.807) is 26.0 Å². The fourth-order valence-corrected chi connectivity index (χ4v) is 4.51. The van der Waals surface area contributed by atoms with Gasteiger partial charge < -0.3 is 9.73 Å². The van der Waals surface area contributed by atoms with Gasteiger partial charge in [-0.15, -0.1) is 0 Å². The predicted octanol–water partition coefficient (Wildman–Crippen LogP) is 0.947. The average Bonchev–Trinajstić information content (AvgIpc) is 3.17. The number of rotatable bonds is 7. The molecule has 0 aromatic carbocycles. The van der Waals surface area contributed by atoms with Crippen LogP contribution in [0.15, 0.2) is 22.8 Å². The summed E-state index contributed by atoms with van der Waals surface area (Å²) in [6.45, 7) is 5.04. The number of nitrogens with one attached hydrogen (secondary N) is 1. The van der Waals surface area contributed by atoms with Crippen LogP contribution in [0, 0.1) is 0 Å². The highest BCUT2D eigenvalue weighted by Gasteiger charge is 2.40. The molecule has 0 saturated carbocycles. The highest BCUT2D eigenvalue weighted by atomic mass is 32.2. The lowest BCUT2D eigenvalue weighted by atomic mass is 10.2. The van der Waals surface area contributed by atoms with Gasteiger partial charge in [-0.1, -0.05) is 13.8 Å². The van der Waals surface area contributed by atoms with Crippen LogP contribution < -0.4 is 5.32 Å². The number of carbonyl (C=O) groups excluding carboxylic acids is 1. The first-order chi connectivity index (χ1) is 10.5. The van der Waals surface area contributed by atoms with Gasteiger partial charge in [0, 0.05) is 19.6 Å². The van der Waals surface area contributed by atoms with Crippen LogP contribution >= 0.6 is 0 Å². The second-order valence-electron chi connectivity index (χ2n) is 5.16. The maximum Gasteiger partial charge on any atom is 0.282 e. The Morgan fingerprint density at radius 2 is 2.18 bits per heavy atom. The second-order valence-corrected chi connectivity index (χ2v) is 7.04. The molecule has 8 heteroatoms. The van der Waals surface area contributed by atoms with Crippen molar-refractivity contribution in [2.75, 3.05) is 19.6 Å². The number of carbonyl (C=O) groups is 1. The van der Waals surface area contributed by atoms with E-state index in [1.807, 2.05) is 0 Å². The minimum absolute atomic E-state index is 0.265. The topological polar surface area (TPSA) is 82.9 Å². The third kappa shape index (κ3) is 3.50. The first kappa shape index (κ1) is 17.0. The SMILES string of the molecule is CCN(CC)S(=O)(=O)N1CCC[C@H]1C(=O)NCc1ccco1. The summed E-state index contributed by atoms with van der Waals surface area (Å²) in [5, 5.41) is 2.75. The van der Waals surface area contributed by atoms with Gasteiger partial charge in [0.25, 0.3) is 10.2 Å². The lowest BCUT2D eigenvalue weighted by Gasteiger charge is -2.29. The van der Waals surface area contributed by atoms with Crippen LogP contribution in [0.4, 0.5) is 0 Å². The molecule has 0 bridgehead atoms. The van der Waals surface area contributed by atoms with Gasteiger partial charge in [0.2, 0.25) is 5.91 Å². The molecule has 1 fully saturated rings. The van der Waals surface area contributed by atoms with Gasteiger partial charge in [0.1, 0.15) is 11.8 Å². The maximum absolute atomic E-state index is 12.6. The van der Waals surface area contributed by atoms with E-state index in [4.69, 9.17) is 4.42 Å². The quantitative estimate of drug-likeness (QED) is 0.807. The molecule has 0 spiro atoms. The Hall–Kier alpha value is -1.38. The number of hydrogen-bond donors (Lipinski definition) is 1. The molecule has 7 nitrogen and oxygen atoms in total. The van der Waals surface area contributed by atoms with Crippen molar-refractivity contribution in [3.8, 4) is 0 Å². The van der Waals surface area contributed by atoms with Gasteiger partial charge in [-0.25, -0.2) is 0 Å². The molecular weight excluding hydrogens is 306 g/mol. The summed E-state index contributed by atoms with van der Waals surface area (Å²) in [6, 6.07) is 2.87. The third-order valence-electron chi connectivity index (χ3n) is 3.85. The third-order valence-corrected chi connectivity index (χ3v) is 6.05. The van der Waals surface area contributed by atoms with E-state index < -0.39 is 16.3 Å². The molecule has 2 heterocycles. The predicted molar refractivity (Wildman–Crippen MR) is 82.1 cm³/mol. The van der Waals surface area contributed by atoms with Crippen LogP contribution in [0.2, 0.25) is 0 Å². The summed E-state index contributed by atoms with van der Waals surface area (Å²) < 4.78 is 33.0. The molecule has 124 valence electrons. The van der Waals surface area contributed by atoms with E-state index >= 15 is 0 Å². The summed E-state index contributed by atoms with van der Waals surface area (Å²) in [4.78, 5) is 12.3. The minimum atomic E-state index is -3.58. The Morgan fingerprint density at radius 3 is 2.77 bits per heavy atom. The molecule has 1 atom stereocenters. The van der Waals surface area contributed by atoms with Crippen molar-refractivity contribution < 1.29 is 17.6 Å². The summed E-state index contributed by atoms with van der Waals surface area (Å²) in [5.41, 5.74) is 0. The zero-order chi connectivity index (χ0) is 16.2. The zero-order valence-corrected chi connectivity index (χ0v) is 13.8. The maximum atomic E-state index is 12.6. The van der Waals surface area contributed by atoms with E-state index in [9.17, 15) is 13.2 Å². The van der Waals surface area contributed by atoms with Crippen LogP contribution in [0.3, 0.4) is 0 Å². The van der Waals surface area contributed by atoms with E-state index in [0.717, 1.165) is 0 Å². The standard InChI is InChI=1S/C14H23N3O4S/c1-3-16(4-2)22(19,20)17-9-5-8-13(17)14(18)15-11-12-7-6-10-21-12/h6-7,10,13H,3-5,8-9,11H2,1-2H3,(H,15,18)/t13-/m0/s1. The van der Waals surface area contributed by atoms with Crippen molar-refractivity contribution in [1.29, 1.82) is 0 Å².